The summed E-state index contributed by atoms with van der Waals surface area (Å²) >= 11 is 0. The topological polar surface area (TPSA) is 87.7 Å². The smallest absolute Gasteiger partial charge is 0.338 e. The number of urea groups is 1. The zero-order valence-corrected chi connectivity index (χ0v) is 17.3. The molecule has 0 atom stereocenters. The van der Waals surface area contributed by atoms with Crippen LogP contribution in [0.2, 0.25) is 0 Å². The molecule has 160 valence electrons. The molecule has 0 saturated carbocycles. The third-order valence-corrected chi connectivity index (χ3v) is 4.15. The van der Waals surface area contributed by atoms with Crippen LogP contribution in [0.4, 0.5) is 9.18 Å². The van der Waals surface area contributed by atoms with E-state index in [9.17, 15) is 18.8 Å². The van der Waals surface area contributed by atoms with Crippen LogP contribution in [0.3, 0.4) is 0 Å². The molecular weight excluding hydrogens is 389 g/mol. The number of hydrogen-bond donors (Lipinski definition) is 2. The summed E-state index contributed by atoms with van der Waals surface area (Å²) in [6.07, 6.45) is 0. The maximum absolute atomic E-state index is 12.9. The molecule has 0 heterocycles. The number of ether oxygens (including phenoxy) is 1. The molecule has 30 heavy (non-hydrogen) atoms. The molecule has 0 unspecified atom stereocenters. The van der Waals surface area contributed by atoms with E-state index in [0.29, 0.717) is 12.1 Å². The zero-order chi connectivity index (χ0) is 22.1. The summed E-state index contributed by atoms with van der Waals surface area (Å²) < 4.78 is 18.0. The number of nitrogens with one attached hydrogen (secondary N) is 2. The number of hydrogen-bond acceptors (Lipinski definition) is 4. The van der Waals surface area contributed by atoms with Gasteiger partial charge in [0.2, 0.25) is 0 Å². The van der Waals surface area contributed by atoms with E-state index in [-0.39, 0.29) is 30.3 Å². The molecule has 7 nitrogen and oxygen atoms in total. The Bertz CT molecular complexity index is 867. The van der Waals surface area contributed by atoms with Crippen molar-refractivity contribution in [2.75, 3.05) is 13.7 Å². The molecule has 0 aliphatic carbocycles. The summed E-state index contributed by atoms with van der Waals surface area (Å²) in [5.41, 5.74) is 1.89. The van der Waals surface area contributed by atoms with Crippen molar-refractivity contribution in [3.05, 3.63) is 71.0 Å². The predicted octanol–water partition coefficient (Wildman–Crippen LogP) is 2.85. The highest BCUT2D eigenvalue weighted by Crippen LogP contribution is 2.08. The molecular formula is C22H26FN3O4. The maximum atomic E-state index is 12.9. The van der Waals surface area contributed by atoms with Crippen molar-refractivity contribution in [3.63, 3.8) is 0 Å². The van der Waals surface area contributed by atoms with Crippen LogP contribution in [0.25, 0.3) is 0 Å². The van der Waals surface area contributed by atoms with E-state index < -0.39 is 12.6 Å². The lowest BCUT2D eigenvalue weighted by molar-refractivity contribution is -0.133. The lowest BCUT2D eigenvalue weighted by Gasteiger charge is -2.17. The van der Waals surface area contributed by atoms with Crippen LogP contribution in [0.15, 0.2) is 48.5 Å². The van der Waals surface area contributed by atoms with E-state index in [0.717, 1.165) is 11.1 Å². The second-order valence-corrected chi connectivity index (χ2v) is 7.13. The Morgan fingerprint density at radius 2 is 1.60 bits per heavy atom. The normalized spacial score (nSPS) is 10.4. The Labute approximate surface area is 175 Å². The predicted molar refractivity (Wildman–Crippen MR) is 110 cm³/mol. The summed E-state index contributed by atoms with van der Waals surface area (Å²) in [6, 6.07) is 12.2. The lowest BCUT2D eigenvalue weighted by Crippen LogP contribution is -2.39. The van der Waals surface area contributed by atoms with Gasteiger partial charge in [-0.3, -0.25) is 4.79 Å². The highest BCUT2D eigenvalue weighted by Gasteiger charge is 2.14. The second kappa shape index (κ2) is 10.9. The van der Waals surface area contributed by atoms with Gasteiger partial charge in [-0.15, -0.1) is 0 Å². The number of benzene rings is 2. The summed E-state index contributed by atoms with van der Waals surface area (Å²) in [7, 11) is 1.58. The van der Waals surface area contributed by atoms with Crippen LogP contribution in [0.5, 0.6) is 0 Å². The third kappa shape index (κ3) is 7.54. The highest BCUT2D eigenvalue weighted by molar-refractivity contribution is 5.91. The van der Waals surface area contributed by atoms with E-state index in [1.54, 1.807) is 43.4 Å². The third-order valence-electron chi connectivity index (χ3n) is 4.15. The van der Waals surface area contributed by atoms with Gasteiger partial charge in [0.05, 0.1) is 5.56 Å². The van der Waals surface area contributed by atoms with E-state index in [1.165, 1.54) is 17.0 Å². The number of nitrogens with zero attached hydrogens (tertiary/aromatic N) is 1. The number of carbonyl (C=O) groups excluding carboxylic acids is 3. The van der Waals surface area contributed by atoms with Crippen molar-refractivity contribution < 1.29 is 23.5 Å². The minimum Gasteiger partial charge on any atom is -0.452 e. The number of carbonyl (C=O) groups is 3. The van der Waals surface area contributed by atoms with Crippen LogP contribution < -0.4 is 10.6 Å². The van der Waals surface area contributed by atoms with Gasteiger partial charge in [-0.25, -0.2) is 14.0 Å². The fourth-order valence-corrected chi connectivity index (χ4v) is 2.53. The van der Waals surface area contributed by atoms with Crippen LogP contribution in [0.1, 0.15) is 35.3 Å². The first-order valence-corrected chi connectivity index (χ1v) is 9.53. The van der Waals surface area contributed by atoms with Gasteiger partial charge >= 0.3 is 12.0 Å². The molecule has 0 radical (unpaired) electrons. The van der Waals surface area contributed by atoms with Gasteiger partial charge in [-0.1, -0.05) is 24.3 Å². The Morgan fingerprint density at radius 1 is 1.00 bits per heavy atom. The Balaban J connectivity index is 1.79. The zero-order valence-electron chi connectivity index (χ0n) is 17.3. The molecule has 0 fully saturated rings. The van der Waals surface area contributed by atoms with Crippen molar-refractivity contribution in [1.82, 2.24) is 15.5 Å². The standard InChI is InChI=1S/C22H26FN3O4/c1-15(2)25-22(29)24-12-16-4-8-18(9-5-16)21(28)30-14-20(27)26(3)13-17-6-10-19(23)11-7-17/h4-11,15H,12-14H2,1-3H3,(H2,24,25,29). The molecule has 2 rings (SSSR count). The molecule has 0 saturated heterocycles. The van der Waals surface area contributed by atoms with Gasteiger partial charge in [0.25, 0.3) is 5.91 Å². The summed E-state index contributed by atoms with van der Waals surface area (Å²) in [6.45, 7) is 3.94. The van der Waals surface area contributed by atoms with Gasteiger partial charge in [0.15, 0.2) is 6.61 Å². The second-order valence-electron chi connectivity index (χ2n) is 7.13. The highest BCUT2D eigenvalue weighted by atomic mass is 19.1. The van der Waals surface area contributed by atoms with Crippen molar-refractivity contribution in [1.29, 1.82) is 0 Å². The van der Waals surface area contributed by atoms with Crippen LogP contribution in [0, 0.1) is 5.82 Å². The number of esters is 1. The van der Waals surface area contributed by atoms with Gasteiger partial charge < -0.3 is 20.3 Å². The molecule has 2 aromatic rings. The molecule has 0 spiro atoms. The van der Waals surface area contributed by atoms with E-state index in [1.807, 2.05) is 13.8 Å². The molecule has 0 aromatic heterocycles. The molecule has 0 aliphatic rings. The number of amides is 3. The molecule has 8 heteroatoms. The first-order chi connectivity index (χ1) is 14.2. The fourth-order valence-electron chi connectivity index (χ4n) is 2.53. The van der Waals surface area contributed by atoms with Crippen LogP contribution in [-0.4, -0.2) is 42.5 Å². The number of likely N-dealkylation sites (N-methyl/N-ethyl adjacent to an activating group) is 1. The Kier molecular flexibility index (Phi) is 8.34. The Hall–Kier alpha value is -3.42. The van der Waals surface area contributed by atoms with Crippen molar-refractivity contribution >= 4 is 17.9 Å². The fraction of sp³-hybridized carbons (Fsp3) is 0.318. The van der Waals surface area contributed by atoms with Crippen LogP contribution >= 0.6 is 0 Å². The monoisotopic (exact) mass is 415 g/mol. The minimum atomic E-state index is -0.615. The van der Waals surface area contributed by atoms with E-state index >= 15 is 0 Å². The molecule has 2 N–H and O–H groups in total. The largest absolute Gasteiger partial charge is 0.452 e. The van der Waals surface area contributed by atoms with Gasteiger partial charge in [0.1, 0.15) is 5.82 Å². The quantitative estimate of drug-likeness (QED) is 0.649. The number of halogens is 1. The van der Waals surface area contributed by atoms with Crippen LogP contribution in [-0.2, 0) is 22.6 Å². The van der Waals surface area contributed by atoms with Crippen molar-refractivity contribution in [2.24, 2.45) is 0 Å². The van der Waals surface area contributed by atoms with Gasteiger partial charge in [-0.05, 0) is 49.2 Å². The maximum Gasteiger partial charge on any atom is 0.338 e. The average Bonchev–Trinajstić information content (AvgIpc) is 2.71. The Morgan fingerprint density at radius 3 is 2.20 bits per heavy atom. The summed E-state index contributed by atoms with van der Waals surface area (Å²) in [4.78, 5) is 37.3. The lowest BCUT2D eigenvalue weighted by atomic mass is 10.1. The van der Waals surface area contributed by atoms with Gasteiger partial charge in [0, 0.05) is 26.2 Å². The minimum absolute atomic E-state index is 0.0413. The van der Waals surface area contributed by atoms with Gasteiger partial charge in [-0.2, -0.15) is 0 Å². The van der Waals surface area contributed by atoms with Crippen molar-refractivity contribution in [3.8, 4) is 0 Å². The average molecular weight is 415 g/mol. The molecule has 3 amide bonds. The van der Waals surface area contributed by atoms with E-state index in [2.05, 4.69) is 10.6 Å². The molecule has 0 aliphatic heterocycles. The number of rotatable bonds is 8. The summed E-state index contributed by atoms with van der Waals surface area (Å²) in [5, 5.41) is 5.44. The molecule has 2 aromatic carbocycles. The summed E-state index contributed by atoms with van der Waals surface area (Å²) in [5.74, 6) is -1.33. The molecule has 0 bridgehead atoms. The first kappa shape index (κ1) is 22.9. The van der Waals surface area contributed by atoms with Crippen molar-refractivity contribution in [2.45, 2.75) is 33.0 Å². The SMILES string of the molecule is CC(C)NC(=O)NCc1ccc(C(=O)OCC(=O)N(C)Cc2ccc(F)cc2)cc1. The van der Waals surface area contributed by atoms with E-state index in [4.69, 9.17) is 4.74 Å². The first-order valence-electron chi connectivity index (χ1n) is 9.53.